The van der Waals surface area contributed by atoms with E-state index in [2.05, 4.69) is 50.4 Å². The van der Waals surface area contributed by atoms with Crippen molar-refractivity contribution in [3.63, 3.8) is 0 Å². The summed E-state index contributed by atoms with van der Waals surface area (Å²) in [7, 11) is 0. The summed E-state index contributed by atoms with van der Waals surface area (Å²) in [5.41, 5.74) is 4.08. The van der Waals surface area contributed by atoms with Crippen LogP contribution in [0.2, 0.25) is 0 Å². The Morgan fingerprint density at radius 1 is 1.30 bits per heavy atom. The van der Waals surface area contributed by atoms with Gasteiger partial charge in [0.05, 0.1) is 5.76 Å². The van der Waals surface area contributed by atoms with Gasteiger partial charge in [-0.15, -0.1) is 0 Å². The average molecular weight is 311 g/mol. The minimum absolute atomic E-state index is 0.374. The van der Waals surface area contributed by atoms with E-state index in [0.29, 0.717) is 29.6 Å². The summed E-state index contributed by atoms with van der Waals surface area (Å²) < 4.78 is 0. The molecule has 0 aromatic heterocycles. The Hall–Kier alpha value is -1.70. The molecule has 2 heteroatoms. The minimum Gasteiger partial charge on any atom is -0.512 e. The maximum atomic E-state index is 9.95. The van der Waals surface area contributed by atoms with E-state index < -0.39 is 0 Å². The van der Waals surface area contributed by atoms with Gasteiger partial charge in [0.1, 0.15) is 0 Å². The number of rotatable bonds is 4. The number of aliphatic hydroxyl groups excluding tert-OH is 1. The minimum atomic E-state index is 0.374. The summed E-state index contributed by atoms with van der Waals surface area (Å²) in [6.07, 6.45) is 10.6. The standard InChI is InChI=1S/C21H29NO/c1-4-5-9-18-15(3)19-12-14(2)10-11-20(19)22-21(18)16-7-6-8-17(23)13-16/h6-8,10-12,15-16,18,21-23H,4-5,9,13H2,1-3H3/t15?,16?,18-,21+/m1/s1. The Morgan fingerprint density at radius 3 is 2.87 bits per heavy atom. The van der Waals surface area contributed by atoms with Gasteiger partial charge < -0.3 is 10.4 Å². The highest BCUT2D eigenvalue weighted by atomic mass is 16.3. The largest absolute Gasteiger partial charge is 0.512 e. The normalized spacial score (nSPS) is 29.6. The van der Waals surface area contributed by atoms with Gasteiger partial charge in [0.25, 0.3) is 0 Å². The molecule has 3 rings (SSSR count). The molecule has 0 saturated heterocycles. The predicted octanol–water partition coefficient (Wildman–Crippen LogP) is 5.72. The third-order valence-electron chi connectivity index (χ3n) is 5.57. The van der Waals surface area contributed by atoms with Crippen molar-refractivity contribution >= 4 is 5.69 Å². The smallest absolute Gasteiger partial charge is 0.0929 e. The van der Waals surface area contributed by atoms with Crippen LogP contribution in [0.25, 0.3) is 0 Å². The van der Waals surface area contributed by atoms with E-state index >= 15 is 0 Å². The lowest BCUT2D eigenvalue weighted by molar-refractivity contribution is 0.268. The van der Waals surface area contributed by atoms with E-state index in [1.807, 2.05) is 12.2 Å². The third-order valence-corrected chi connectivity index (χ3v) is 5.57. The highest BCUT2D eigenvalue weighted by molar-refractivity contribution is 5.58. The molecular formula is C21H29NO. The fraction of sp³-hybridized carbons (Fsp3) is 0.524. The van der Waals surface area contributed by atoms with Crippen molar-refractivity contribution in [3.8, 4) is 0 Å². The van der Waals surface area contributed by atoms with Crippen LogP contribution in [0, 0.1) is 18.8 Å². The summed E-state index contributed by atoms with van der Waals surface area (Å²) in [6.45, 7) is 6.82. The van der Waals surface area contributed by atoms with Crippen molar-refractivity contribution in [2.24, 2.45) is 11.8 Å². The first-order valence-corrected chi connectivity index (χ1v) is 9.03. The predicted molar refractivity (Wildman–Crippen MR) is 98.0 cm³/mol. The van der Waals surface area contributed by atoms with Crippen LogP contribution in [-0.4, -0.2) is 11.1 Å². The second-order valence-electron chi connectivity index (χ2n) is 7.27. The number of aliphatic hydroxyl groups is 1. The van der Waals surface area contributed by atoms with Crippen molar-refractivity contribution in [3.05, 3.63) is 53.3 Å². The lowest BCUT2D eigenvalue weighted by Gasteiger charge is -2.43. The summed E-state index contributed by atoms with van der Waals surface area (Å²) in [4.78, 5) is 0. The monoisotopic (exact) mass is 311 g/mol. The number of fused-ring (bicyclic) bond motifs is 1. The SMILES string of the molecule is CCCC[C@@H]1C(C)c2cc(C)ccc2N[C@H]1C1C=CC=C(O)C1. The molecule has 0 bridgehead atoms. The molecule has 2 N–H and O–H groups in total. The molecule has 1 heterocycles. The van der Waals surface area contributed by atoms with Gasteiger partial charge in [0.2, 0.25) is 0 Å². The van der Waals surface area contributed by atoms with E-state index in [1.165, 1.54) is 36.1 Å². The van der Waals surface area contributed by atoms with Crippen molar-refractivity contribution in [1.82, 2.24) is 0 Å². The lowest BCUT2D eigenvalue weighted by Crippen LogP contribution is -2.42. The highest BCUT2D eigenvalue weighted by Crippen LogP contribution is 2.44. The zero-order valence-electron chi connectivity index (χ0n) is 14.5. The maximum Gasteiger partial charge on any atom is 0.0929 e. The molecule has 124 valence electrons. The topological polar surface area (TPSA) is 32.3 Å². The third kappa shape index (κ3) is 3.31. The Labute approximate surface area is 140 Å². The van der Waals surface area contributed by atoms with Gasteiger partial charge in [-0.05, 0) is 42.9 Å². The number of hydrogen-bond acceptors (Lipinski definition) is 2. The van der Waals surface area contributed by atoms with Gasteiger partial charge in [-0.1, -0.05) is 56.5 Å². The number of anilines is 1. The molecule has 23 heavy (non-hydrogen) atoms. The van der Waals surface area contributed by atoms with Gasteiger partial charge in [-0.25, -0.2) is 0 Å². The van der Waals surface area contributed by atoms with Crippen LogP contribution < -0.4 is 5.32 Å². The summed E-state index contributed by atoms with van der Waals surface area (Å²) in [5, 5.41) is 13.8. The van der Waals surface area contributed by atoms with Crippen LogP contribution >= 0.6 is 0 Å². The first-order valence-electron chi connectivity index (χ1n) is 9.03. The van der Waals surface area contributed by atoms with Crippen molar-refractivity contribution in [2.75, 3.05) is 5.32 Å². The Kier molecular flexibility index (Phi) is 4.79. The van der Waals surface area contributed by atoms with Crippen LogP contribution in [0.4, 0.5) is 5.69 Å². The molecule has 0 saturated carbocycles. The Balaban J connectivity index is 1.91. The molecule has 1 aromatic rings. The quantitative estimate of drug-likeness (QED) is 0.745. The number of hydrogen-bond donors (Lipinski definition) is 2. The average Bonchev–Trinajstić information content (AvgIpc) is 2.54. The maximum absolute atomic E-state index is 9.95. The van der Waals surface area contributed by atoms with E-state index in [1.54, 1.807) is 0 Å². The van der Waals surface area contributed by atoms with Crippen LogP contribution in [0.15, 0.2) is 42.2 Å². The zero-order chi connectivity index (χ0) is 16.4. The molecule has 0 spiro atoms. The van der Waals surface area contributed by atoms with Gasteiger partial charge >= 0.3 is 0 Å². The second kappa shape index (κ2) is 6.82. The summed E-state index contributed by atoms with van der Waals surface area (Å²) >= 11 is 0. The molecule has 1 aliphatic carbocycles. The highest BCUT2D eigenvalue weighted by Gasteiger charge is 2.37. The molecule has 0 fully saturated rings. The number of unbranched alkanes of at least 4 members (excludes halogenated alkanes) is 1. The van der Waals surface area contributed by atoms with Crippen molar-refractivity contribution in [1.29, 1.82) is 0 Å². The van der Waals surface area contributed by atoms with Crippen LogP contribution in [-0.2, 0) is 0 Å². The van der Waals surface area contributed by atoms with E-state index in [-0.39, 0.29) is 0 Å². The molecule has 0 radical (unpaired) electrons. The first kappa shape index (κ1) is 16.2. The summed E-state index contributed by atoms with van der Waals surface area (Å²) in [5.74, 6) is 2.06. The van der Waals surface area contributed by atoms with Crippen molar-refractivity contribution in [2.45, 2.75) is 58.4 Å². The van der Waals surface area contributed by atoms with Gasteiger partial charge in [-0.3, -0.25) is 0 Å². The molecule has 1 aliphatic heterocycles. The van der Waals surface area contributed by atoms with Crippen LogP contribution in [0.1, 0.15) is 56.6 Å². The molecule has 0 amide bonds. The number of allylic oxidation sites excluding steroid dienone is 3. The Bertz CT molecular complexity index is 616. The molecular weight excluding hydrogens is 282 g/mol. The molecule has 1 aromatic carbocycles. The fourth-order valence-corrected chi connectivity index (χ4v) is 4.25. The van der Waals surface area contributed by atoms with Gasteiger partial charge in [0.15, 0.2) is 0 Å². The fourth-order valence-electron chi connectivity index (χ4n) is 4.25. The lowest BCUT2D eigenvalue weighted by atomic mass is 9.70. The van der Waals surface area contributed by atoms with Crippen LogP contribution in [0.5, 0.6) is 0 Å². The first-order chi connectivity index (χ1) is 11.1. The van der Waals surface area contributed by atoms with E-state index in [0.717, 1.165) is 6.42 Å². The molecule has 2 unspecified atom stereocenters. The van der Waals surface area contributed by atoms with Crippen LogP contribution in [0.3, 0.4) is 0 Å². The molecule has 2 nitrogen and oxygen atoms in total. The zero-order valence-corrected chi connectivity index (χ0v) is 14.5. The van der Waals surface area contributed by atoms with Gasteiger partial charge in [0, 0.05) is 24.1 Å². The Morgan fingerprint density at radius 2 is 2.13 bits per heavy atom. The number of aryl methyl sites for hydroxylation is 1. The van der Waals surface area contributed by atoms with Crippen molar-refractivity contribution < 1.29 is 5.11 Å². The van der Waals surface area contributed by atoms with E-state index in [4.69, 9.17) is 0 Å². The summed E-state index contributed by atoms with van der Waals surface area (Å²) in [6, 6.07) is 7.16. The number of benzene rings is 1. The molecule has 2 aliphatic rings. The molecule has 4 atom stereocenters. The second-order valence-corrected chi connectivity index (χ2v) is 7.27. The van der Waals surface area contributed by atoms with E-state index in [9.17, 15) is 5.11 Å². The van der Waals surface area contributed by atoms with Gasteiger partial charge in [-0.2, -0.15) is 0 Å². The number of nitrogens with one attached hydrogen (secondary N) is 1.